The molecule has 0 atom stereocenters. The van der Waals surface area contributed by atoms with Crippen LogP contribution in [0.2, 0.25) is 0 Å². The second-order valence-electron chi connectivity index (χ2n) is 6.79. The molecule has 1 aliphatic heterocycles. The molecule has 4 rings (SSSR count). The molecule has 0 spiro atoms. The minimum atomic E-state index is -3.45. The van der Waals surface area contributed by atoms with Gasteiger partial charge in [0.1, 0.15) is 0 Å². The first-order valence-corrected chi connectivity index (χ1v) is 10.6. The quantitative estimate of drug-likeness (QED) is 0.666. The van der Waals surface area contributed by atoms with Crippen LogP contribution < -0.4 is 4.90 Å². The molecular weight excluding hydrogens is 376 g/mol. The Kier molecular flexibility index (Phi) is 4.86. The second kappa shape index (κ2) is 7.33. The van der Waals surface area contributed by atoms with E-state index in [9.17, 15) is 8.42 Å². The lowest BCUT2D eigenvalue weighted by Crippen LogP contribution is -2.49. The molecule has 8 nitrogen and oxygen atoms in total. The molecule has 2 aromatic heterocycles. The number of anilines is 1. The Hall–Kier alpha value is -2.78. The number of benzene rings is 1. The van der Waals surface area contributed by atoms with Crippen LogP contribution in [-0.4, -0.2) is 58.9 Å². The van der Waals surface area contributed by atoms with Crippen molar-refractivity contribution < 1.29 is 8.42 Å². The average Bonchev–Trinajstić information content (AvgIpc) is 3.07. The van der Waals surface area contributed by atoms with Crippen molar-refractivity contribution in [3.05, 3.63) is 59.9 Å². The Balaban J connectivity index is 1.45. The zero-order valence-corrected chi connectivity index (χ0v) is 16.7. The number of nitrogens with zero attached hydrogens (tertiary/aromatic N) is 6. The molecule has 146 valence electrons. The van der Waals surface area contributed by atoms with Crippen molar-refractivity contribution >= 4 is 15.8 Å². The zero-order chi connectivity index (χ0) is 19.7. The highest BCUT2D eigenvalue weighted by molar-refractivity contribution is 7.89. The molecule has 3 aromatic rings. The van der Waals surface area contributed by atoms with Crippen molar-refractivity contribution in [2.45, 2.75) is 18.7 Å². The van der Waals surface area contributed by atoms with E-state index in [0.29, 0.717) is 36.9 Å². The molecule has 1 aliphatic rings. The third-order valence-electron chi connectivity index (χ3n) is 4.81. The van der Waals surface area contributed by atoms with Crippen LogP contribution in [0.5, 0.6) is 0 Å². The summed E-state index contributed by atoms with van der Waals surface area (Å²) in [6.07, 6.45) is 0. The van der Waals surface area contributed by atoms with Crippen LogP contribution in [0.25, 0.3) is 5.82 Å². The van der Waals surface area contributed by atoms with Gasteiger partial charge in [0.2, 0.25) is 10.0 Å². The van der Waals surface area contributed by atoms with Crippen molar-refractivity contribution in [3.8, 4) is 5.82 Å². The molecule has 28 heavy (non-hydrogen) atoms. The Labute approximate surface area is 164 Å². The Morgan fingerprint density at radius 1 is 0.857 bits per heavy atom. The second-order valence-corrected chi connectivity index (χ2v) is 8.73. The fraction of sp³-hybridized carbons (Fsp3) is 0.316. The van der Waals surface area contributed by atoms with E-state index in [4.69, 9.17) is 0 Å². The Bertz CT molecular complexity index is 1060. The highest BCUT2D eigenvalue weighted by Gasteiger charge is 2.28. The molecule has 0 unspecified atom stereocenters. The van der Waals surface area contributed by atoms with E-state index in [1.165, 1.54) is 4.31 Å². The molecule has 0 radical (unpaired) electrons. The summed E-state index contributed by atoms with van der Waals surface area (Å²) >= 11 is 0. The first-order valence-electron chi connectivity index (χ1n) is 9.13. The Morgan fingerprint density at radius 3 is 2.07 bits per heavy atom. The summed E-state index contributed by atoms with van der Waals surface area (Å²) in [6.45, 7) is 5.88. The van der Waals surface area contributed by atoms with E-state index in [1.54, 1.807) is 28.9 Å². The van der Waals surface area contributed by atoms with Gasteiger partial charge in [-0.15, -0.1) is 10.2 Å². The van der Waals surface area contributed by atoms with Gasteiger partial charge in [0.05, 0.1) is 10.6 Å². The fourth-order valence-corrected chi connectivity index (χ4v) is 4.80. The van der Waals surface area contributed by atoms with Gasteiger partial charge in [-0.05, 0) is 44.2 Å². The molecule has 1 saturated heterocycles. The van der Waals surface area contributed by atoms with Gasteiger partial charge < -0.3 is 4.90 Å². The van der Waals surface area contributed by atoms with Crippen LogP contribution in [-0.2, 0) is 10.0 Å². The molecule has 0 aliphatic carbocycles. The molecule has 0 amide bonds. The topological polar surface area (TPSA) is 84.2 Å². The number of aromatic nitrogens is 4. The highest BCUT2D eigenvalue weighted by Crippen LogP contribution is 2.20. The van der Waals surface area contributed by atoms with Gasteiger partial charge in [0.25, 0.3) is 0 Å². The van der Waals surface area contributed by atoms with E-state index in [-0.39, 0.29) is 0 Å². The van der Waals surface area contributed by atoms with Gasteiger partial charge >= 0.3 is 0 Å². The molecule has 0 N–H and O–H groups in total. The number of aryl methyl sites for hydroxylation is 2. The summed E-state index contributed by atoms with van der Waals surface area (Å²) in [6, 6.07) is 14.3. The van der Waals surface area contributed by atoms with Crippen LogP contribution in [0.3, 0.4) is 0 Å². The van der Waals surface area contributed by atoms with Crippen LogP contribution in [0.1, 0.15) is 11.4 Å². The van der Waals surface area contributed by atoms with Gasteiger partial charge in [0.15, 0.2) is 11.6 Å². The normalized spacial score (nSPS) is 15.7. The summed E-state index contributed by atoms with van der Waals surface area (Å²) < 4.78 is 28.8. The van der Waals surface area contributed by atoms with E-state index < -0.39 is 10.0 Å². The summed E-state index contributed by atoms with van der Waals surface area (Å²) in [5.74, 6) is 1.40. The van der Waals surface area contributed by atoms with Gasteiger partial charge in [-0.1, -0.05) is 18.2 Å². The molecule has 1 aromatic carbocycles. The number of hydrogen-bond donors (Lipinski definition) is 0. The maximum absolute atomic E-state index is 12.7. The SMILES string of the molecule is Cc1cc(C)n(-c2ccc(N3CCN(S(=O)(=O)c4ccccc4)CC3)nn2)n1. The molecular formula is C19H22N6O2S. The minimum Gasteiger partial charge on any atom is -0.352 e. The first kappa shape index (κ1) is 18.6. The lowest BCUT2D eigenvalue weighted by molar-refractivity contribution is 0.383. The van der Waals surface area contributed by atoms with Gasteiger partial charge in [-0.25, -0.2) is 13.1 Å². The van der Waals surface area contributed by atoms with Gasteiger partial charge in [-0.2, -0.15) is 9.40 Å². The monoisotopic (exact) mass is 398 g/mol. The first-order chi connectivity index (χ1) is 13.4. The standard InChI is InChI=1S/C19H22N6O2S/c1-15-14-16(2)25(22-15)19-9-8-18(20-21-19)23-10-12-24(13-11-23)28(26,27)17-6-4-3-5-7-17/h3-9,14H,10-13H2,1-2H3. The van der Waals surface area contributed by atoms with Crippen LogP contribution >= 0.6 is 0 Å². The van der Waals surface area contributed by atoms with Gasteiger partial charge in [-0.3, -0.25) is 0 Å². The van der Waals surface area contributed by atoms with Crippen LogP contribution in [0, 0.1) is 13.8 Å². The highest BCUT2D eigenvalue weighted by atomic mass is 32.2. The van der Waals surface area contributed by atoms with Crippen molar-refractivity contribution in [3.63, 3.8) is 0 Å². The smallest absolute Gasteiger partial charge is 0.243 e. The lowest BCUT2D eigenvalue weighted by Gasteiger charge is -2.34. The van der Waals surface area contributed by atoms with E-state index >= 15 is 0 Å². The molecule has 9 heteroatoms. The molecule has 0 bridgehead atoms. The van der Waals surface area contributed by atoms with Gasteiger partial charge in [0, 0.05) is 31.9 Å². The van der Waals surface area contributed by atoms with Crippen molar-refractivity contribution in [2.75, 3.05) is 31.1 Å². The van der Waals surface area contributed by atoms with E-state index in [1.807, 2.05) is 38.1 Å². The zero-order valence-electron chi connectivity index (χ0n) is 15.9. The van der Waals surface area contributed by atoms with E-state index in [2.05, 4.69) is 20.2 Å². The summed E-state index contributed by atoms with van der Waals surface area (Å²) in [5, 5.41) is 13.0. The number of rotatable bonds is 4. The summed E-state index contributed by atoms with van der Waals surface area (Å²) in [7, 11) is -3.45. The third kappa shape index (κ3) is 3.50. The summed E-state index contributed by atoms with van der Waals surface area (Å²) in [4.78, 5) is 2.38. The van der Waals surface area contributed by atoms with Crippen molar-refractivity contribution in [1.82, 2.24) is 24.3 Å². The lowest BCUT2D eigenvalue weighted by atomic mass is 10.3. The number of sulfonamides is 1. The van der Waals surface area contributed by atoms with Crippen LogP contribution in [0.4, 0.5) is 5.82 Å². The largest absolute Gasteiger partial charge is 0.352 e. The number of piperazine rings is 1. The van der Waals surface area contributed by atoms with E-state index in [0.717, 1.165) is 17.2 Å². The third-order valence-corrected chi connectivity index (χ3v) is 6.72. The predicted molar refractivity (Wildman–Crippen MR) is 106 cm³/mol. The number of hydrogen-bond acceptors (Lipinski definition) is 6. The molecule has 0 saturated carbocycles. The summed E-state index contributed by atoms with van der Waals surface area (Å²) in [5.41, 5.74) is 1.93. The minimum absolute atomic E-state index is 0.331. The Morgan fingerprint density at radius 2 is 1.50 bits per heavy atom. The molecule has 1 fully saturated rings. The maximum atomic E-state index is 12.7. The maximum Gasteiger partial charge on any atom is 0.243 e. The van der Waals surface area contributed by atoms with Crippen molar-refractivity contribution in [2.24, 2.45) is 0 Å². The predicted octanol–water partition coefficient (Wildman–Crippen LogP) is 1.79. The van der Waals surface area contributed by atoms with Crippen LogP contribution in [0.15, 0.2) is 53.4 Å². The molecule has 3 heterocycles. The van der Waals surface area contributed by atoms with Crippen molar-refractivity contribution in [1.29, 1.82) is 0 Å². The fourth-order valence-electron chi connectivity index (χ4n) is 3.36. The average molecular weight is 398 g/mol.